The van der Waals surface area contributed by atoms with Gasteiger partial charge in [-0.1, -0.05) is 29.8 Å². The van der Waals surface area contributed by atoms with E-state index in [9.17, 15) is 0 Å². The summed E-state index contributed by atoms with van der Waals surface area (Å²) in [6.45, 7) is 5.14. The molecule has 3 aromatic rings. The Hall–Kier alpha value is -1.87. The summed E-state index contributed by atoms with van der Waals surface area (Å²) in [7, 11) is 0. The van der Waals surface area contributed by atoms with Gasteiger partial charge in [0.2, 0.25) is 0 Å². The first-order valence-corrected chi connectivity index (χ1v) is 7.69. The standard InChI is InChI=1S/C17H18N2S/c1-12-6-8-14(9-7-12)18-11-10-16-19-17-13(2)4-3-5-15(17)20-16/h3-9,18H,10-11H2,1-2H3. The molecule has 0 fully saturated rings. The summed E-state index contributed by atoms with van der Waals surface area (Å²) in [5, 5.41) is 4.65. The van der Waals surface area contributed by atoms with Gasteiger partial charge < -0.3 is 5.32 Å². The molecule has 0 spiro atoms. The minimum atomic E-state index is 0.919. The van der Waals surface area contributed by atoms with E-state index in [2.05, 4.69) is 61.6 Å². The van der Waals surface area contributed by atoms with Crippen molar-refractivity contribution in [2.75, 3.05) is 11.9 Å². The van der Waals surface area contributed by atoms with Crippen LogP contribution >= 0.6 is 11.3 Å². The third-order valence-corrected chi connectivity index (χ3v) is 4.46. The molecule has 2 aromatic carbocycles. The predicted octanol–water partition coefficient (Wildman–Crippen LogP) is 4.57. The summed E-state index contributed by atoms with van der Waals surface area (Å²) < 4.78 is 1.29. The number of aryl methyl sites for hydroxylation is 2. The van der Waals surface area contributed by atoms with Gasteiger partial charge in [0.1, 0.15) is 0 Å². The van der Waals surface area contributed by atoms with Gasteiger partial charge in [0.05, 0.1) is 15.2 Å². The largest absolute Gasteiger partial charge is 0.385 e. The Kier molecular flexibility index (Phi) is 3.70. The second-order valence-corrected chi connectivity index (χ2v) is 6.19. The highest BCUT2D eigenvalue weighted by Gasteiger charge is 2.05. The second-order valence-electron chi connectivity index (χ2n) is 5.07. The fourth-order valence-corrected chi connectivity index (χ4v) is 3.27. The van der Waals surface area contributed by atoms with Crippen molar-refractivity contribution in [1.82, 2.24) is 4.98 Å². The highest BCUT2D eigenvalue weighted by molar-refractivity contribution is 7.18. The molecule has 0 aliphatic carbocycles. The van der Waals surface area contributed by atoms with Crippen LogP contribution in [0.25, 0.3) is 10.2 Å². The van der Waals surface area contributed by atoms with Crippen LogP contribution in [0.3, 0.4) is 0 Å². The SMILES string of the molecule is Cc1ccc(NCCc2nc3c(C)cccc3s2)cc1. The molecule has 0 radical (unpaired) electrons. The van der Waals surface area contributed by atoms with Gasteiger partial charge >= 0.3 is 0 Å². The number of nitrogens with one attached hydrogen (secondary N) is 1. The van der Waals surface area contributed by atoms with Crippen LogP contribution in [-0.4, -0.2) is 11.5 Å². The van der Waals surface area contributed by atoms with Crippen molar-refractivity contribution in [3.63, 3.8) is 0 Å². The Labute approximate surface area is 123 Å². The van der Waals surface area contributed by atoms with E-state index >= 15 is 0 Å². The molecule has 2 nitrogen and oxygen atoms in total. The number of para-hydroxylation sites is 1. The fraction of sp³-hybridized carbons (Fsp3) is 0.235. The highest BCUT2D eigenvalue weighted by atomic mass is 32.1. The third kappa shape index (κ3) is 2.83. The van der Waals surface area contributed by atoms with Crippen LogP contribution in [0.1, 0.15) is 16.1 Å². The lowest BCUT2D eigenvalue weighted by Gasteiger charge is -2.04. The summed E-state index contributed by atoms with van der Waals surface area (Å²) in [6, 6.07) is 14.9. The molecular weight excluding hydrogens is 264 g/mol. The average molecular weight is 282 g/mol. The van der Waals surface area contributed by atoms with Gasteiger partial charge in [0.15, 0.2) is 0 Å². The Morgan fingerprint density at radius 1 is 1.05 bits per heavy atom. The zero-order valence-electron chi connectivity index (χ0n) is 11.8. The van der Waals surface area contributed by atoms with Crippen LogP contribution in [0.4, 0.5) is 5.69 Å². The molecule has 3 heteroatoms. The topological polar surface area (TPSA) is 24.9 Å². The van der Waals surface area contributed by atoms with Crippen LogP contribution in [0.2, 0.25) is 0 Å². The Morgan fingerprint density at radius 3 is 2.60 bits per heavy atom. The number of rotatable bonds is 4. The number of benzene rings is 2. The summed E-state index contributed by atoms with van der Waals surface area (Å²) >= 11 is 1.80. The molecule has 0 saturated heterocycles. The molecule has 102 valence electrons. The van der Waals surface area contributed by atoms with E-state index in [0.29, 0.717) is 0 Å². The zero-order chi connectivity index (χ0) is 13.9. The van der Waals surface area contributed by atoms with Crippen molar-refractivity contribution in [3.05, 3.63) is 58.6 Å². The molecule has 1 aromatic heterocycles. The van der Waals surface area contributed by atoms with Crippen molar-refractivity contribution in [2.45, 2.75) is 20.3 Å². The summed E-state index contributed by atoms with van der Waals surface area (Å²) in [5.41, 5.74) is 4.88. The van der Waals surface area contributed by atoms with Crippen molar-refractivity contribution in [1.29, 1.82) is 0 Å². The molecule has 0 aliphatic heterocycles. The molecule has 0 saturated carbocycles. The molecule has 0 unspecified atom stereocenters. The Morgan fingerprint density at radius 2 is 1.85 bits per heavy atom. The summed E-state index contributed by atoms with van der Waals surface area (Å²) in [6.07, 6.45) is 0.965. The number of nitrogens with zero attached hydrogens (tertiary/aromatic N) is 1. The zero-order valence-corrected chi connectivity index (χ0v) is 12.6. The van der Waals surface area contributed by atoms with Gasteiger partial charge in [-0.3, -0.25) is 0 Å². The van der Waals surface area contributed by atoms with E-state index in [4.69, 9.17) is 4.98 Å². The number of hydrogen-bond acceptors (Lipinski definition) is 3. The molecule has 0 aliphatic rings. The Bertz CT molecular complexity index is 713. The molecule has 0 atom stereocenters. The van der Waals surface area contributed by atoms with E-state index < -0.39 is 0 Å². The normalized spacial score (nSPS) is 10.9. The van der Waals surface area contributed by atoms with Gasteiger partial charge in [-0.25, -0.2) is 4.98 Å². The van der Waals surface area contributed by atoms with Gasteiger partial charge in [-0.15, -0.1) is 11.3 Å². The number of thiazole rings is 1. The molecule has 0 amide bonds. The van der Waals surface area contributed by atoms with E-state index in [0.717, 1.165) is 18.5 Å². The first kappa shape index (κ1) is 13.1. The predicted molar refractivity (Wildman–Crippen MR) is 87.7 cm³/mol. The van der Waals surface area contributed by atoms with E-state index in [1.165, 1.54) is 26.5 Å². The average Bonchev–Trinajstić information content (AvgIpc) is 2.85. The minimum absolute atomic E-state index is 0.919. The second kappa shape index (κ2) is 5.63. The van der Waals surface area contributed by atoms with E-state index in [1.807, 2.05) is 0 Å². The lowest BCUT2D eigenvalue weighted by atomic mass is 10.2. The monoisotopic (exact) mass is 282 g/mol. The minimum Gasteiger partial charge on any atom is -0.385 e. The van der Waals surface area contributed by atoms with Crippen molar-refractivity contribution < 1.29 is 0 Å². The first-order valence-electron chi connectivity index (χ1n) is 6.88. The lowest BCUT2D eigenvalue weighted by molar-refractivity contribution is 1.00. The molecule has 0 bridgehead atoms. The van der Waals surface area contributed by atoms with Crippen LogP contribution in [0, 0.1) is 13.8 Å². The van der Waals surface area contributed by atoms with Crippen LogP contribution in [0.5, 0.6) is 0 Å². The van der Waals surface area contributed by atoms with Gasteiger partial charge in [0, 0.05) is 18.7 Å². The number of hydrogen-bond donors (Lipinski definition) is 1. The number of aromatic nitrogens is 1. The maximum Gasteiger partial charge on any atom is 0.0956 e. The van der Waals surface area contributed by atoms with Gasteiger partial charge in [0.25, 0.3) is 0 Å². The van der Waals surface area contributed by atoms with E-state index in [-0.39, 0.29) is 0 Å². The molecular formula is C17H18N2S. The maximum absolute atomic E-state index is 4.74. The molecule has 20 heavy (non-hydrogen) atoms. The highest BCUT2D eigenvalue weighted by Crippen LogP contribution is 2.24. The van der Waals surface area contributed by atoms with Crippen LogP contribution in [0.15, 0.2) is 42.5 Å². The fourth-order valence-electron chi connectivity index (χ4n) is 2.22. The van der Waals surface area contributed by atoms with Gasteiger partial charge in [-0.05, 0) is 37.6 Å². The quantitative estimate of drug-likeness (QED) is 0.758. The van der Waals surface area contributed by atoms with Crippen LogP contribution in [-0.2, 0) is 6.42 Å². The van der Waals surface area contributed by atoms with Gasteiger partial charge in [-0.2, -0.15) is 0 Å². The van der Waals surface area contributed by atoms with Crippen molar-refractivity contribution in [2.24, 2.45) is 0 Å². The number of fused-ring (bicyclic) bond motifs is 1. The molecule has 1 heterocycles. The summed E-state index contributed by atoms with van der Waals surface area (Å²) in [5.74, 6) is 0. The number of anilines is 1. The third-order valence-electron chi connectivity index (χ3n) is 3.38. The van der Waals surface area contributed by atoms with Crippen LogP contribution < -0.4 is 5.32 Å². The summed E-state index contributed by atoms with van der Waals surface area (Å²) in [4.78, 5) is 4.74. The molecule has 1 N–H and O–H groups in total. The maximum atomic E-state index is 4.74. The lowest BCUT2D eigenvalue weighted by Crippen LogP contribution is -2.04. The Balaban J connectivity index is 1.65. The van der Waals surface area contributed by atoms with E-state index in [1.54, 1.807) is 11.3 Å². The first-order chi connectivity index (χ1) is 9.72. The molecule has 3 rings (SSSR count). The van der Waals surface area contributed by atoms with Crippen molar-refractivity contribution >= 4 is 27.2 Å². The van der Waals surface area contributed by atoms with Crippen molar-refractivity contribution in [3.8, 4) is 0 Å². The smallest absolute Gasteiger partial charge is 0.0956 e.